The van der Waals surface area contributed by atoms with Crippen LogP contribution >= 0.6 is 11.3 Å². The second-order valence-electron chi connectivity index (χ2n) is 5.70. The summed E-state index contributed by atoms with van der Waals surface area (Å²) in [5, 5.41) is 16.7. The number of hydrogen-bond acceptors (Lipinski definition) is 6. The number of fused-ring (bicyclic) bond motifs is 1. The molecule has 4 aromatic rings. The zero-order valence-corrected chi connectivity index (χ0v) is 14.9. The van der Waals surface area contributed by atoms with Crippen molar-refractivity contribution in [2.75, 3.05) is 0 Å². The van der Waals surface area contributed by atoms with Gasteiger partial charge in [0.1, 0.15) is 6.61 Å². The number of nitro benzene ring substituents is 1. The molecule has 0 atom stereocenters. The molecule has 2 aromatic heterocycles. The van der Waals surface area contributed by atoms with Gasteiger partial charge in [0, 0.05) is 29.3 Å². The minimum atomic E-state index is -0.431. The van der Waals surface area contributed by atoms with Crippen molar-refractivity contribution in [3.63, 3.8) is 0 Å². The van der Waals surface area contributed by atoms with E-state index in [0.29, 0.717) is 0 Å². The molecule has 0 amide bonds. The zero-order valence-electron chi connectivity index (χ0n) is 14.1. The van der Waals surface area contributed by atoms with Crippen LogP contribution < -0.4 is 0 Å². The van der Waals surface area contributed by atoms with Crippen LogP contribution in [0, 0.1) is 10.1 Å². The third kappa shape index (κ3) is 3.56. The van der Waals surface area contributed by atoms with Gasteiger partial charge in [-0.25, -0.2) is 4.98 Å². The summed E-state index contributed by atoms with van der Waals surface area (Å²) in [5.74, 6) is 0. The number of benzene rings is 2. The molecule has 0 aliphatic carbocycles. The SMILES string of the molecule is O=[N+]([O-])c1ccc(CO/N=C\c2c(-c3ccccc3)nc3sccn23)cc1. The van der Waals surface area contributed by atoms with Crippen LogP contribution in [0.5, 0.6) is 0 Å². The van der Waals surface area contributed by atoms with Gasteiger partial charge in [0.05, 0.1) is 22.5 Å². The van der Waals surface area contributed by atoms with Crippen molar-refractivity contribution in [1.29, 1.82) is 0 Å². The van der Waals surface area contributed by atoms with Crippen molar-refractivity contribution >= 4 is 28.2 Å². The average Bonchev–Trinajstić information content (AvgIpc) is 3.28. The molecular formula is C19H14N4O3S. The summed E-state index contributed by atoms with van der Waals surface area (Å²) in [6.45, 7) is 0.223. The Balaban J connectivity index is 1.52. The molecule has 0 bridgehead atoms. The highest BCUT2D eigenvalue weighted by molar-refractivity contribution is 7.15. The van der Waals surface area contributed by atoms with Crippen molar-refractivity contribution < 1.29 is 9.76 Å². The number of imidazole rings is 1. The number of rotatable bonds is 6. The van der Waals surface area contributed by atoms with Gasteiger partial charge in [-0.3, -0.25) is 14.5 Å². The van der Waals surface area contributed by atoms with Gasteiger partial charge in [0.15, 0.2) is 4.96 Å². The number of oxime groups is 1. The van der Waals surface area contributed by atoms with E-state index in [0.717, 1.165) is 27.5 Å². The van der Waals surface area contributed by atoms with Crippen LogP contribution in [0.25, 0.3) is 16.2 Å². The Hall–Kier alpha value is -3.52. The van der Waals surface area contributed by atoms with Crippen LogP contribution in [0.3, 0.4) is 0 Å². The summed E-state index contributed by atoms with van der Waals surface area (Å²) in [6, 6.07) is 16.1. The Morgan fingerprint density at radius 3 is 2.70 bits per heavy atom. The van der Waals surface area contributed by atoms with Crippen LogP contribution in [-0.2, 0) is 11.4 Å². The van der Waals surface area contributed by atoms with Crippen molar-refractivity contribution in [2.45, 2.75) is 6.61 Å². The molecule has 134 valence electrons. The third-order valence-electron chi connectivity index (χ3n) is 3.97. The van der Waals surface area contributed by atoms with Crippen molar-refractivity contribution in [1.82, 2.24) is 9.38 Å². The lowest BCUT2D eigenvalue weighted by Crippen LogP contribution is -1.94. The maximum absolute atomic E-state index is 10.7. The van der Waals surface area contributed by atoms with Crippen LogP contribution in [-0.4, -0.2) is 20.5 Å². The molecule has 0 aliphatic rings. The predicted octanol–water partition coefficient (Wildman–Crippen LogP) is 4.52. The van der Waals surface area contributed by atoms with E-state index in [1.165, 1.54) is 12.1 Å². The molecule has 2 heterocycles. The summed E-state index contributed by atoms with van der Waals surface area (Å²) in [6.07, 6.45) is 3.58. The molecule has 0 unspecified atom stereocenters. The standard InChI is InChI=1S/C19H14N4O3S/c24-23(25)16-8-6-14(7-9-16)13-26-20-12-17-18(15-4-2-1-3-5-15)21-19-22(17)10-11-27-19/h1-12H,13H2/b20-12-. The molecule has 4 rings (SSSR count). The van der Waals surface area contributed by atoms with Crippen LogP contribution in [0.2, 0.25) is 0 Å². The Kier molecular flexibility index (Phi) is 4.63. The first-order chi connectivity index (χ1) is 13.2. The summed E-state index contributed by atoms with van der Waals surface area (Å²) >= 11 is 1.55. The monoisotopic (exact) mass is 378 g/mol. The summed E-state index contributed by atoms with van der Waals surface area (Å²) in [5.41, 5.74) is 3.53. The number of thiazole rings is 1. The van der Waals surface area contributed by atoms with Crippen molar-refractivity contribution in [3.8, 4) is 11.3 Å². The van der Waals surface area contributed by atoms with Crippen molar-refractivity contribution in [3.05, 3.63) is 87.5 Å². The summed E-state index contributed by atoms with van der Waals surface area (Å²) in [7, 11) is 0. The molecule has 0 spiro atoms. The minimum absolute atomic E-state index is 0.0499. The minimum Gasteiger partial charge on any atom is -0.391 e. The van der Waals surface area contributed by atoms with Gasteiger partial charge in [-0.15, -0.1) is 11.3 Å². The van der Waals surface area contributed by atoms with E-state index in [-0.39, 0.29) is 12.3 Å². The van der Waals surface area contributed by atoms with Gasteiger partial charge >= 0.3 is 0 Å². The van der Waals surface area contributed by atoms with E-state index < -0.39 is 4.92 Å². The number of nitro groups is 1. The molecule has 2 aromatic carbocycles. The van der Waals surface area contributed by atoms with E-state index in [1.807, 2.05) is 46.3 Å². The first-order valence-electron chi connectivity index (χ1n) is 8.12. The fourth-order valence-corrected chi connectivity index (χ4v) is 3.37. The second kappa shape index (κ2) is 7.38. The van der Waals surface area contributed by atoms with E-state index in [2.05, 4.69) is 10.1 Å². The maximum Gasteiger partial charge on any atom is 0.269 e. The zero-order chi connectivity index (χ0) is 18.6. The molecule has 8 heteroatoms. The normalized spacial score (nSPS) is 11.3. The molecule has 0 aliphatic heterocycles. The quantitative estimate of drug-likeness (QED) is 0.281. The Morgan fingerprint density at radius 2 is 1.96 bits per heavy atom. The molecule has 0 saturated carbocycles. The largest absolute Gasteiger partial charge is 0.391 e. The van der Waals surface area contributed by atoms with E-state index >= 15 is 0 Å². The van der Waals surface area contributed by atoms with E-state index in [9.17, 15) is 10.1 Å². The first-order valence-corrected chi connectivity index (χ1v) is 9.00. The molecule has 0 radical (unpaired) electrons. The van der Waals surface area contributed by atoms with Crippen LogP contribution in [0.1, 0.15) is 11.3 Å². The topological polar surface area (TPSA) is 82.0 Å². The third-order valence-corrected chi connectivity index (χ3v) is 4.73. The Morgan fingerprint density at radius 1 is 1.19 bits per heavy atom. The lowest BCUT2D eigenvalue weighted by molar-refractivity contribution is -0.384. The number of hydrogen-bond donors (Lipinski definition) is 0. The fraction of sp³-hybridized carbons (Fsp3) is 0.0526. The average molecular weight is 378 g/mol. The summed E-state index contributed by atoms with van der Waals surface area (Å²) < 4.78 is 1.96. The van der Waals surface area contributed by atoms with Crippen molar-refractivity contribution in [2.24, 2.45) is 5.16 Å². The van der Waals surface area contributed by atoms with Gasteiger partial charge in [0.2, 0.25) is 0 Å². The second-order valence-corrected chi connectivity index (χ2v) is 6.57. The highest BCUT2D eigenvalue weighted by atomic mass is 32.1. The number of non-ortho nitro benzene ring substituents is 1. The van der Waals surface area contributed by atoms with E-state index in [1.54, 1.807) is 29.7 Å². The van der Waals surface area contributed by atoms with Gasteiger partial charge in [-0.1, -0.05) is 35.5 Å². The predicted molar refractivity (Wildman–Crippen MR) is 104 cm³/mol. The summed E-state index contributed by atoms with van der Waals surface area (Å²) in [4.78, 5) is 21.2. The number of nitrogens with zero attached hydrogens (tertiary/aromatic N) is 4. The molecule has 0 N–H and O–H groups in total. The molecule has 7 nitrogen and oxygen atoms in total. The van der Waals surface area contributed by atoms with Gasteiger partial charge < -0.3 is 4.84 Å². The first kappa shape index (κ1) is 16.9. The Labute approximate surface area is 158 Å². The fourth-order valence-electron chi connectivity index (χ4n) is 2.65. The smallest absolute Gasteiger partial charge is 0.269 e. The maximum atomic E-state index is 10.7. The van der Waals surface area contributed by atoms with Gasteiger partial charge in [0.25, 0.3) is 5.69 Å². The van der Waals surface area contributed by atoms with Gasteiger partial charge in [-0.05, 0) is 17.7 Å². The highest BCUT2D eigenvalue weighted by Gasteiger charge is 2.13. The van der Waals surface area contributed by atoms with E-state index in [4.69, 9.17) is 4.84 Å². The van der Waals surface area contributed by atoms with Crippen LogP contribution in [0.15, 0.2) is 71.3 Å². The molecule has 0 saturated heterocycles. The molecular weight excluding hydrogens is 364 g/mol. The number of aromatic nitrogens is 2. The lowest BCUT2D eigenvalue weighted by atomic mass is 10.1. The highest BCUT2D eigenvalue weighted by Crippen LogP contribution is 2.25. The lowest BCUT2D eigenvalue weighted by Gasteiger charge is -2.01. The molecule has 0 fully saturated rings. The van der Waals surface area contributed by atoms with Gasteiger partial charge in [-0.2, -0.15) is 0 Å². The van der Waals surface area contributed by atoms with Crippen LogP contribution in [0.4, 0.5) is 5.69 Å². The Bertz CT molecular complexity index is 1100. The molecule has 27 heavy (non-hydrogen) atoms.